The molecule has 0 unspecified atom stereocenters. The van der Waals surface area contributed by atoms with Crippen molar-refractivity contribution in [3.63, 3.8) is 0 Å². The first kappa shape index (κ1) is 16.8. The quantitative estimate of drug-likeness (QED) is 0.695. The van der Waals surface area contributed by atoms with E-state index in [1.54, 1.807) is 42.5 Å². The van der Waals surface area contributed by atoms with Crippen molar-refractivity contribution in [3.8, 4) is 11.5 Å². The Morgan fingerprint density at radius 1 is 0.759 bits per heavy atom. The van der Waals surface area contributed by atoms with Crippen molar-refractivity contribution in [2.45, 2.75) is 0 Å². The summed E-state index contributed by atoms with van der Waals surface area (Å²) in [6.45, 7) is 0. The van der Waals surface area contributed by atoms with Crippen molar-refractivity contribution < 1.29 is 23.9 Å². The Labute approximate surface area is 163 Å². The number of amides is 4. The number of rotatable bonds is 3. The lowest BCUT2D eigenvalue weighted by Gasteiger charge is -2.15. The van der Waals surface area contributed by atoms with Crippen LogP contribution in [-0.2, 0) is 0 Å². The van der Waals surface area contributed by atoms with Crippen LogP contribution in [-0.4, -0.2) is 28.6 Å². The fourth-order valence-corrected chi connectivity index (χ4v) is 3.33. The summed E-state index contributed by atoms with van der Waals surface area (Å²) in [6, 6.07) is 14.1. The van der Waals surface area contributed by atoms with Crippen LogP contribution < -0.4 is 15.0 Å². The largest absolute Gasteiger partial charge is 0.457 e. The number of carbonyl (C=O) groups is 4. The number of fused-ring (bicyclic) bond motifs is 2. The maximum Gasteiger partial charge on any atom is 0.284 e. The van der Waals surface area contributed by atoms with Gasteiger partial charge in [-0.05, 0) is 42.5 Å². The zero-order valence-corrected chi connectivity index (χ0v) is 14.7. The molecule has 0 radical (unpaired) electrons. The molecule has 0 spiro atoms. The average molecular weight is 385 g/mol. The van der Waals surface area contributed by atoms with Gasteiger partial charge in [0.1, 0.15) is 17.2 Å². The molecule has 0 bridgehead atoms. The van der Waals surface area contributed by atoms with Gasteiger partial charge in [-0.3, -0.25) is 29.5 Å². The fourth-order valence-electron chi connectivity index (χ4n) is 3.33. The lowest BCUT2D eigenvalue weighted by atomic mass is 10.1. The molecule has 5 rings (SSSR count). The molecule has 3 aromatic rings. The Bertz CT molecular complexity index is 1220. The minimum absolute atomic E-state index is 0.109. The first-order chi connectivity index (χ1) is 14.0. The Kier molecular flexibility index (Phi) is 3.53. The first-order valence-electron chi connectivity index (χ1n) is 8.64. The van der Waals surface area contributed by atoms with Crippen molar-refractivity contribution in [2.75, 3.05) is 4.90 Å². The summed E-state index contributed by atoms with van der Waals surface area (Å²) >= 11 is 0. The molecule has 8 nitrogen and oxygen atoms in total. The van der Waals surface area contributed by atoms with E-state index in [0.717, 1.165) is 4.90 Å². The van der Waals surface area contributed by atoms with Gasteiger partial charge in [0.15, 0.2) is 0 Å². The van der Waals surface area contributed by atoms with Gasteiger partial charge in [0.05, 0.1) is 22.4 Å². The van der Waals surface area contributed by atoms with Gasteiger partial charge in [-0.15, -0.1) is 0 Å². The standard InChI is InChI=1S/C21H11N3O5/c25-18-14-7-6-13(10-16(14)19(26)23-18)29-12-4-1-3-11(9-12)24-20(27)15-5-2-8-22-17(15)21(24)28/h1-10H,(H,23,25,26). The van der Waals surface area contributed by atoms with Crippen molar-refractivity contribution in [1.82, 2.24) is 10.3 Å². The monoisotopic (exact) mass is 385 g/mol. The molecule has 4 amide bonds. The Balaban J connectivity index is 1.45. The smallest absolute Gasteiger partial charge is 0.284 e. The van der Waals surface area contributed by atoms with E-state index in [0.29, 0.717) is 17.2 Å². The van der Waals surface area contributed by atoms with Gasteiger partial charge < -0.3 is 4.74 Å². The summed E-state index contributed by atoms with van der Waals surface area (Å²) < 4.78 is 5.78. The van der Waals surface area contributed by atoms with E-state index in [2.05, 4.69) is 10.3 Å². The number of aromatic nitrogens is 1. The number of hydrogen-bond acceptors (Lipinski definition) is 6. The van der Waals surface area contributed by atoms with Crippen LogP contribution in [0.3, 0.4) is 0 Å². The molecule has 0 fully saturated rings. The van der Waals surface area contributed by atoms with Gasteiger partial charge in [-0.25, -0.2) is 4.90 Å². The van der Waals surface area contributed by atoms with Crippen LogP contribution in [0.1, 0.15) is 41.6 Å². The number of benzene rings is 2. The predicted octanol–water partition coefficient (Wildman–Crippen LogP) is 2.56. The number of ether oxygens (including phenoxy) is 1. The van der Waals surface area contributed by atoms with Gasteiger partial charge in [-0.1, -0.05) is 6.07 Å². The number of imide groups is 2. The molecule has 0 saturated carbocycles. The Morgan fingerprint density at radius 3 is 2.38 bits per heavy atom. The van der Waals surface area contributed by atoms with Crippen LogP contribution in [0, 0.1) is 0 Å². The highest BCUT2D eigenvalue weighted by molar-refractivity contribution is 6.33. The van der Waals surface area contributed by atoms with Gasteiger partial charge in [0.25, 0.3) is 23.6 Å². The fraction of sp³-hybridized carbons (Fsp3) is 0. The molecule has 29 heavy (non-hydrogen) atoms. The number of carbonyl (C=O) groups excluding carboxylic acids is 4. The third-order valence-electron chi connectivity index (χ3n) is 4.67. The topological polar surface area (TPSA) is 106 Å². The number of pyridine rings is 1. The molecule has 2 aliphatic heterocycles. The van der Waals surface area contributed by atoms with Crippen molar-refractivity contribution in [1.29, 1.82) is 0 Å². The van der Waals surface area contributed by atoms with E-state index >= 15 is 0 Å². The predicted molar refractivity (Wildman–Crippen MR) is 100 cm³/mol. The number of anilines is 1. The highest BCUT2D eigenvalue weighted by atomic mass is 16.5. The Hall–Kier alpha value is -4.33. The zero-order valence-electron chi connectivity index (χ0n) is 14.7. The molecule has 2 aromatic carbocycles. The second-order valence-electron chi connectivity index (χ2n) is 6.44. The maximum atomic E-state index is 12.6. The molecular weight excluding hydrogens is 374 g/mol. The molecule has 0 saturated heterocycles. The van der Waals surface area contributed by atoms with Gasteiger partial charge >= 0.3 is 0 Å². The molecule has 0 atom stereocenters. The van der Waals surface area contributed by atoms with E-state index in [4.69, 9.17) is 4.74 Å². The molecule has 140 valence electrons. The van der Waals surface area contributed by atoms with Crippen molar-refractivity contribution in [3.05, 3.63) is 83.2 Å². The molecule has 1 N–H and O–H groups in total. The highest BCUT2D eigenvalue weighted by Crippen LogP contribution is 2.32. The third kappa shape index (κ3) is 2.58. The van der Waals surface area contributed by atoms with Crippen LogP contribution >= 0.6 is 0 Å². The normalized spacial score (nSPS) is 14.7. The van der Waals surface area contributed by atoms with Crippen LogP contribution in [0.4, 0.5) is 5.69 Å². The van der Waals surface area contributed by atoms with E-state index in [-0.39, 0.29) is 22.4 Å². The SMILES string of the molecule is O=C1NC(=O)c2cc(Oc3cccc(N4C(=O)c5cccnc5C4=O)c3)ccc21. The number of hydrogen-bond donors (Lipinski definition) is 1. The summed E-state index contributed by atoms with van der Waals surface area (Å²) in [4.78, 5) is 53.7. The summed E-state index contributed by atoms with van der Waals surface area (Å²) in [5, 5.41) is 2.22. The minimum Gasteiger partial charge on any atom is -0.457 e. The van der Waals surface area contributed by atoms with E-state index in [1.165, 1.54) is 18.3 Å². The zero-order chi connectivity index (χ0) is 20.1. The second kappa shape index (κ2) is 6.10. The van der Waals surface area contributed by atoms with Crippen LogP contribution in [0.5, 0.6) is 11.5 Å². The van der Waals surface area contributed by atoms with Gasteiger partial charge in [0, 0.05) is 12.3 Å². The molecule has 0 aliphatic carbocycles. The number of nitrogens with one attached hydrogen (secondary N) is 1. The summed E-state index contributed by atoms with van der Waals surface area (Å²) in [5.74, 6) is -1.19. The van der Waals surface area contributed by atoms with E-state index < -0.39 is 23.6 Å². The van der Waals surface area contributed by atoms with Crippen molar-refractivity contribution in [2.24, 2.45) is 0 Å². The lowest BCUT2D eigenvalue weighted by Crippen LogP contribution is -2.29. The average Bonchev–Trinajstić information content (AvgIpc) is 3.15. The Morgan fingerprint density at radius 2 is 1.55 bits per heavy atom. The molecular formula is C21H11N3O5. The summed E-state index contributed by atoms with van der Waals surface area (Å²) in [5.41, 5.74) is 1.21. The molecule has 3 heterocycles. The molecule has 2 aliphatic rings. The van der Waals surface area contributed by atoms with Crippen molar-refractivity contribution >= 4 is 29.3 Å². The number of nitrogens with zero attached hydrogens (tertiary/aromatic N) is 2. The summed E-state index contributed by atoms with van der Waals surface area (Å²) in [6.07, 6.45) is 1.46. The second-order valence-corrected chi connectivity index (χ2v) is 6.44. The summed E-state index contributed by atoms with van der Waals surface area (Å²) in [7, 11) is 0. The lowest BCUT2D eigenvalue weighted by molar-refractivity contribution is 0.0874. The maximum absolute atomic E-state index is 12.6. The molecule has 1 aromatic heterocycles. The van der Waals surface area contributed by atoms with E-state index in [9.17, 15) is 19.2 Å². The van der Waals surface area contributed by atoms with Crippen LogP contribution in [0.2, 0.25) is 0 Å². The highest BCUT2D eigenvalue weighted by Gasteiger charge is 2.37. The van der Waals surface area contributed by atoms with Gasteiger partial charge in [-0.2, -0.15) is 0 Å². The van der Waals surface area contributed by atoms with Crippen LogP contribution in [0.15, 0.2) is 60.8 Å². The third-order valence-corrected chi connectivity index (χ3v) is 4.67. The molecule has 8 heteroatoms. The van der Waals surface area contributed by atoms with Gasteiger partial charge in [0.2, 0.25) is 0 Å². The minimum atomic E-state index is -0.504. The first-order valence-corrected chi connectivity index (χ1v) is 8.64. The van der Waals surface area contributed by atoms with Crippen LogP contribution in [0.25, 0.3) is 0 Å². The van der Waals surface area contributed by atoms with E-state index in [1.807, 2.05) is 0 Å².